The first-order chi connectivity index (χ1) is 9.95. The molecule has 0 fully saturated rings. The normalized spacial score (nSPS) is 14.4. The summed E-state index contributed by atoms with van der Waals surface area (Å²) in [6.45, 7) is 7.09. The zero-order valence-electron chi connectivity index (χ0n) is 13.1. The molecule has 114 valence electrons. The summed E-state index contributed by atoms with van der Waals surface area (Å²) in [4.78, 5) is 5.00. The molecule has 21 heavy (non-hydrogen) atoms. The maximum atomic E-state index is 6.34. The van der Waals surface area contributed by atoms with E-state index in [2.05, 4.69) is 44.9 Å². The van der Waals surface area contributed by atoms with Crippen molar-refractivity contribution in [3.8, 4) is 0 Å². The Morgan fingerprint density at radius 1 is 1.24 bits per heavy atom. The maximum absolute atomic E-state index is 6.34. The molecule has 4 heteroatoms. The van der Waals surface area contributed by atoms with E-state index in [0.717, 1.165) is 10.6 Å². The average Bonchev–Trinajstić information content (AvgIpc) is 2.78. The van der Waals surface area contributed by atoms with Crippen LogP contribution in [-0.4, -0.2) is 18.5 Å². The highest BCUT2D eigenvalue weighted by atomic mass is 35.5. The predicted molar refractivity (Wildman–Crippen MR) is 93.2 cm³/mol. The molecule has 0 saturated carbocycles. The summed E-state index contributed by atoms with van der Waals surface area (Å²) in [6.07, 6.45) is 0. The smallest absolute Gasteiger partial charge is 0.0484 e. The number of nitrogens with zero attached hydrogens (tertiary/aromatic N) is 1. The molecule has 1 heterocycles. The minimum absolute atomic E-state index is 0.209. The SMILES string of the molecule is Cc1cc(C(CN)N(C)C(C)c2ccccc2Cl)c(C)s1. The van der Waals surface area contributed by atoms with Gasteiger partial charge in [0.2, 0.25) is 0 Å². The lowest BCUT2D eigenvalue weighted by Crippen LogP contribution is -2.33. The third-order valence-electron chi connectivity index (χ3n) is 4.12. The number of hydrogen-bond acceptors (Lipinski definition) is 3. The summed E-state index contributed by atoms with van der Waals surface area (Å²) in [5.74, 6) is 0. The monoisotopic (exact) mass is 322 g/mol. The Hall–Kier alpha value is -0.870. The van der Waals surface area contributed by atoms with Gasteiger partial charge in [0.15, 0.2) is 0 Å². The Bertz CT molecular complexity index is 609. The van der Waals surface area contributed by atoms with Gasteiger partial charge in [-0.25, -0.2) is 0 Å². The van der Waals surface area contributed by atoms with Crippen molar-refractivity contribution < 1.29 is 0 Å². The highest BCUT2D eigenvalue weighted by Gasteiger charge is 2.24. The van der Waals surface area contributed by atoms with Crippen molar-refractivity contribution in [2.24, 2.45) is 5.73 Å². The molecule has 2 rings (SSSR count). The lowest BCUT2D eigenvalue weighted by atomic mass is 10.0. The van der Waals surface area contributed by atoms with Gasteiger partial charge < -0.3 is 5.73 Å². The number of nitrogens with two attached hydrogens (primary N) is 1. The fourth-order valence-corrected chi connectivity index (χ4v) is 4.07. The van der Waals surface area contributed by atoms with Gasteiger partial charge in [-0.2, -0.15) is 0 Å². The number of hydrogen-bond donors (Lipinski definition) is 1. The molecule has 0 radical (unpaired) electrons. The Kier molecular flexibility index (Phi) is 5.44. The third kappa shape index (κ3) is 3.49. The van der Waals surface area contributed by atoms with Crippen molar-refractivity contribution in [3.05, 3.63) is 56.2 Å². The zero-order valence-corrected chi connectivity index (χ0v) is 14.6. The van der Waals surface area contributed by atoms with Crippen LogP contribution in [0.3, 0.4) is 0 Å². The van der Waals surface area contributed by atoms with Crippen molar-refractivity contribution in [3.63, 3.8) is 0 Å². The summed E-state index contributed by atoms with van der Waals surface area (Å²) in [5.41, 5.74) is 8.55. The summed E-state index contributed by atoms with van der Waals surface area (Å²) in [7, 11) is 2.12. The number of rotatable bonds is 5. The van der Waals surface area contributed by atoms with Crippen LogP contribution in [0.25, 0.3) is 0 Å². The van der Waals surface area contributed by atoms with Crippen LogP contribution in [0.15, 0.2) is 30.3 Å². The third-order valence-corrected chi connectivity index (χ3v) is 5.45. The Labute approximate surface area is 136 Å². The van der Waals surface area contributed by atoms with Crippen LogP contribution in [0.2, 0.25) is 5.02 Å². The molecular formula is C17H23ClN2S. The molecule has 0 spiro atoms. The highest BCUT2D eigenvalue weighted by molar-refractivity contribution is 7.12. The second-order valence-electron chi connectivity index (χ2n) is 5.48. The molecule has 2 N–H and O–H groups in total. The Morgan fingerprint density at radius 2 is 1.90 bits per heavy atom. The molecule has 2 aromatic rings. The van der Waals surface area contributed by atoms with E-state index in [1.807, 2.05) is 29.5 Å². The molecule has 1 aromatic carbocycles. The van der Waals surface area contributed by atoms with Gasteiger partial charge in [0.1, 0.15) is 0 Å². The van der Waals surface area contributed by atoms with Crippen LogP contribution in [0.1, 0.15) is 39.9 Å². The van der Waals surface area contributed by atoms with Crippen LogP contribution >= 0.6 is 22.9 Å². The van der Waals surface area contributed by atoms with Gasteiger partial charge in [0, 0.05) is 33.4 Å². The van der Waals surface area contributed by atoms with Gasteiger partial charge in [-0.1, -0.05) is 29.8 Å². The first kappa shape index (κ1) is 16.5. The molecule has 0 aliphatic carbocycles. The van der Waals surface area contributed by atoms with E-state index in [0.29, 0.717) is 6.54 Å². The topological polar surface area (TPSA) is 29.3 Å². The quantitative estimate of drug-likeness (QED) is 0.863. The lowest BCUT2D eigenvalue weighted by molar-refractivity contribution is 0.190. The molecule has 0 amide bonds. The zero-order chi connectivity index (χ0) is 15.6. The van der Waals surface area contributed by atoms with E-state index in [4.69, 9.17) is 17.3 Å². The van der Waals surface area contributed by atoms with E-state index < -0.39 is 0 Å². The van der Waals surface area contributed by atoms with Crippen molar-refractivity contribution >= 4 is 22.9 Å². The fraction of sp³-hybridized carbons (Fsp3) is 0.412. The molecular weight excluding hydrogens is 300 g/mol. The molecule has 0 saturated heterocycles. The van der Waals surface area contributed by atoms with Crippen LogP contribution < -0.4 is 5.73 Å². The number of likely N-dealkylation sites (N-methyl/N-ethyl adjacent to an activating group) is 1. The van der Waals surface area contributed by atoms with Gasteiger partial charge in [0.25, 0.3) is 0 Å². The van der Waals surface area contributed by atoms with Gasteiger partial charge in [-0.15, -0.1) is 11.3 Å². The van der Waals surface area contributed by atoms with Crippen molar-refractivity contribution in [2.45, 2.75) is 32.9 Å². The molecule has 2 atom stereocenters. The standard InChI is InChI=1S/C17H23ClN2S/c1-11-9-15(13(3)21-11)17(10-19)20(4)12(2)14-7-5-6-8-16(14)18/h5-9,12,17H,10,19H2,1-4H3. The van der Waals surface area contributed by atoms with Gasteiger partial charge >= 0.3 is 0 Å². The van der Waals surface area contributed by atoms with Crippen molar-refractivity contribution in [1.82, 2.24) is 4.90 Å². The maximum Gasteiger partial charge on any atom is 0.0484 e. The minimum atomic E-state index is 0.209. The summed E-state index contributed by atoms with van der Waals surface area (Å²) in [6, 6.07) is 10.7. The van der Waals surface area contributed by atoms with Gasteiger partial charge in [0.05, 0.1) is 0 Å². The van der Waals surface area contributed by atoms with E-state index in [1.54, 1.807) is 0 Å². The predicted octanol–water partition coefficient (Wildman–Crippen LogP) is 4.71. The lowest BCUT2D eigenvalue weighted by Gasteiger charge is -2.33. The molecule has 0 aliphatic heterocycles. The summed E-state index contributed by atoms with van der Waals surface area (Å²) in [5, 5.41) is 0.811. The average molecular weight is 323 g/mol. The number of aryl methyl sites for hydroxylation is 2. The number of halogens is 1. The minimum Gasteiger partial charge on any atom is -0.329 e. The summed E-state index contributed by atoms with van der Waals surface area (Å²) >= 11 is 8.17. The molecule has 1 aromatic heterocycles. The van der Waals surface area contributed by atoms with E-state index in [-0.39, 0.29) is 12.1 Å². The van der Waals surface area contributed by atoms with Crippen molar-refractivity contribution in [1.29, 1.82) is 0 Å². The van der Waals surface area contributed by atoms with Gasteiger partial charge in [-0.3, -0.25) is 4.90 Å². The molecule has 2 nitrogen and oxygen atoms in total. The number of thiophene rings is 1. The van der Waals surface area contributed by atoms with Crippen LogP contribution in [0.5, 0.6) is 0 Å². The first-order valence-corrected chi connectivity index (χ1v) is 8.38. The van der Waals surface area contributed by atoms with Crippen LogP contribution in [0, 0.1) is 13.8 Å². The number of benzene rings is 1. The molecule has 2 unspecified atom stereocenters. The van der Waals surface area contributed by atoms with Crippen LogP contribution in [0.4, 0.5) is 0 Å². The largest absolute Gasteiger partial charge is 0.329 e. The highest BCUT2D eigenvalue weighted by Crippen LogP contribution is 2.35. The van der Waals surface area contributed by atoms with E-state index in [9.17, 15) is 0 Å². The Balaban J connectivity index is 2.30. The van der Waals surface area contributed by atoms with Crippen LogP contribution in [-0.2, 0) is 0 Å². The second-order valence-corrected chi connectivity index (χ2v) is 7.35. The molecule has 0 aliphatic rings. The van der Waals surface area contributed by atoms with E-state index in [1.165, 1.54) is 15.3 Å². The fourth-order valence-electron chi connectivity index (χ4n) is 2.80. The summed E-state index contributed by atoms with van der Waals surface area (Å²) < 4.78 is 0. The second kappa shape index (κ2) is 6.93. The van der Waals surface area contributed by atoms with Gasteiger partial charge in [-0.05, 0) is 51.1 Å². The molecule has 0 bridgehead atoms. The van der Waals surface area contributed by atoms with Crippen molar-refractivity contribution in [2.75, 3.05) is 13.6 Å². The first-order valence-electron chi connectivity index (χ1n) is 7.19. The Morgan fingerprint density at radius 3 is 2.43 bits per heavy atom. The van der Waals surface area contributed by atoms with E-state index >= 15 is 0 Å².